The Labute approximate surface area is 235 Å². The summed E-state index contributed by atoms with van der Waals surface area (Å²) < 4.78 is 1.83. The van der Waals surface area contributed by atoms with Crippen LogP contribution in [0.4, 0.5) is 0 Å². The summed E-state index contributed by atoms with van der Waals surface area (Å²) in [4.78, 5) is 40.5. The van der Waals surface area contributed by atoms with Crippen LogP contribution in [-0.4, -0.2) is 43.7 Å². The number of thiazole rings is 2. The number of hydrogen-bond acceptors (Lipinski definition) is 6. The van der Waals surface area contributed by atoms with Crippen LogP contribution in [0.25, 0.3) is 15.4 Å². The molecule has 0 aliphatic heterocycles. The van der Waals surface area contributed by atoms with Crippen molar-refractivity contribution in [2.45, 2.75) is 39.3 Å². The Morgan fingerprint density at radius 1 is 1.05 bits per heavy atom. The lowest BCUT2D eigenvalue weighted by atomic mass is 10.1. The summed E-state index contributed by atoms with van der Waals surface area (Å²) in [6.07, 6.45) is 3.93. The molecule has 7 nitrogen and oxygen atoms in total. The van der Waals surface area contributed by atoms with Crippen LogP contribution < -0.4 is 5.32 Å². The van der Waals surface area contributed by atoms with Crippen molar-refractivity contribution in [3.05, 3.63) is 99.9 Å². The second-order valence-corrected chi connectivity index (χ2v) is 12.0. The normalized spacial score (nSPS) is 13.9. The topological polar surface area (TPSA) is 79.6 Å². The Kier molecular flexibility index (Phi) is 7.01. The van der Waals surface area contributed by atoms with Gasteiger partial charge in [0.25, 0.3) is 11.8 Å². The number of carbonyl (C=O) groups is 2. The van der Waals surface area contributed by atoms with Crippen LogP contribution in [0, 0.1) is 19.8 Å². The molecule has 9 heteroatoms. The molecule has 1 saturated carbocycles. The van der Waals surface area contributed by atoms with Gasteiger partial charge in [0.2, 0.25) is 0 Å². The molecule has 0 saturated heterocycles. The van der Waals surface area contributed by atoms with Crippen LogP contribution in [0.15, 0.2) is 72.2 Å². The average Bonchev–Trinajstić information content (AvgIpc) is 3.43. The Hall–Kier alpha value is -3.82. The molecule has 0 radical (unpaired) electrons. The second kappa shape index (κ2) is 10.7. The number of carbonyl (C=O) groups excluding carboxylic acids is 2. The third-order valence-electron chi connectivity index (χ3n) is 7.12. The third-order valence-corrected chi connectivity index (χ3v) is 8.90. The summed E-state index contributed by atoms with van der Waals surface area (Å²) in [6, 6.07) is 19.8. The summed E-state index contributed by atoms with van der Waals surface area (Å²) in [7, 11) is 0. The van der Waals surface area contributed by atoms with Crippen LogP contribution in [0.3, 0.4) is 0 Å². The summed E-state index contributed by atoms with van der Waals surface area (Å²) in [5.41, 5.74) is 3.75. The molecule has 0 spiro atoms. The van der Waals surface area contributed by atoms with Gasteiger partial charge in [-0.25, -0.2) is 9.97 Å². The quantitative estimate of drug-likeness (QED) is 0.242. The van der Waals surface area contributed by atoms with E-state index in [1.807, 2.05) is 95.4 Å². The van der Waals surface area contributed by atoms with Gasteiger partial charge in [-0.3, -0.25) is 14.0 Å². The average molecular weight is 556 g/mol. The van der Waals surface area contributed by atoms with Gasteiger partial charge in [-0.1, -0.05) is 60.7 Å². The third kappa shape index (κ3) is 5.24. The highest BCUT2D eigenvalue weighted by molar-refractivity contribution is 7.15. The molecule has 39 heavy (non-hydrogen) atoms. The van der Waals surface area contributed by atoms with Gasteiger partial charge in [-0.2, -0.15) is 0 Å². The SMILES string of the molecule is Cc1nc(C(=O)N(Cc2ccccc2)[C@H](CNC(=O)c2c(C)nc3sccn23)C2CC2)c(-c2ccccc2)s1. The minimum atomic E-state index is -0.175. The minimum Gasteiger partial charge on any atom is -0.349 e. The monoisotopic (exact) mass is 555 g/mol. The van der Waals surface area contributed by atoms with Crippen molar-refractivity contribution in [1.82, 2.24) is 24.6 Å². The lowest BCUT2D eigenvalue weighted by Gasteiger charge is -2.32. The summed E-state index contributed by atoms with van der Waals surface area (Å²) in [6.45, 7) is 4.60. The van der Waals surface area contributed by atoms with Crippen molar-refractivity contribution in [3.8, 4) is 10.4 Å². The van der Waals surface area contributed by atoms with E-state index in [2.05, 4.69) is 10.3 Å². The van der Waals surface area contributed by atoms with Gasteiger partial charge in [0.1, 0.15) is 11.4 Å². The first-order valence-electron chi connectivity index (χ1n) is 13.1. The fraction of sp³-hybridized carbons (Fsp3) is 0.267. The van der Waals surface area contributed by atoms with E-state index in [-0.39, 0.29) is 17.9 Å². The zero-order valence-electron chi connectivity index (χ0n) is 21.8. The van der Waals surface area contributed by atoms with Crippen LogP contribution >= 0.6 is 22.7 Å². The predicted octanol–water partition coefficient (Wildman–Crippen LogP) is 5.99. The zero-order chi connectivity index (χ0) is 26.9. The number of nitrogens with zero attached hydrogens (tertiary/aromatic N) is 4. The molecule has 1 aliphatic carbocycles. The molecule has 0 unspecified atom stereocenters. The number of aryl methyl sites for hydroxylation is 2. The van der Waals surface area contributed by atoms with Gasteiger partial charge in [0.15, 0.2) is 4.96 Å². The number of imidazole rings is 1. The standard InChI is InChI=1S/C30H29N5O2S2/c1-19-26(34-15-16-38-30(34)32-19)28(36)31-17-24(22-13-14-22)35(18-21-9-5-3-6-10-21)29(37)25-27(39-20(2)33-25)23-11-7-4-8-12-23/h3-12,15-16,22,24H,13-14,17-18H2,1-2H3,(H,31,36)/t24-/m1/s1. The first kappa shape index (κ1) is 25.5. The molecule has 1 aliphatic rings. The molecule has 3 aromatic heterocycles. The Morgan fingerprint density at radius 2 is 1.77 bits per heavy atom. The Morgan fingerprint density at radius 3 is 2.49 bits per heavy atom. The van der Waals surface area contributed by atoms with Gasteiger partial charge in [0, 0.05) is 24.7 Å². The van der Waals surface area contributed by atoms with Crippen LogP contribution in [0.1, 0.15) is 50.1 Å². The predicted molar refractivity (Wildman–Crippen MR) is 155 cm³/mol. The lowest BCUT2D eigenvalue weighted by Crippen LogP contribution is -2.48. The van der Waals surface area contributed by atoms with Crippen molar-refractivity contribution < 1.29 is 9.59 Å². The number of hydrogen-bond donors (Lipinski definition) is 1. The highest BCUT2D eigenvalue weighted by Gasteiger charge is 2.39. The molecule has 3 heterocycles. The van der Waals surface area contributed by atoms with E-state index in [1.165, 1.54) is 22.7 Å². The molecule has 0 bridgehead atoms. The van der Waals surface area contributed by atoms with E-state index >= 15 is 0 Å². The molecule has 2 aromatic carbocycles. The fourth-order valence-electron chi connectivity index (χ4n) is 5.07. The summed E-state index contributed by atoms with van der Waals surface area (Å²) >= 11 is 3.04. The molecule has 2 amide bonds. The summed E-state index contributed by atoms with van der Waals surface area (Å²) in [5.74, 6) is 0.0465. The highest BCUT2D eigenvalue weighted by atomic mass is 32.1. The largest absolute Gasteiger partial charge is 0.349 e. The molecule has 1 fully saturated rings. The second-order valence-electron chi connectivity index (χ2n) is 9.91. The van der Waals surface area contributed by atoms with Crippen molar-refractivity contribution in [2.24, 2.45) is 5.92 Å². The zero-order valence-corrected chi connectivity index (χ0v) is 23.5. The van der Waals surface area contributed by atoms with Gasteiger partial charge in [-0.05, 0) is 43.7 Å². The van der Waals surface area contributed by atoms with Crippen LogP contribution in [0.2, 0.25) is 0 Å². The maximum Gasteiger partial charge on any atom is 0.274 e. The lowest BCUT2D eigenvalue weighted by molar-refractivity contribution is 0.0618. The summed E-state index contributed by atoms with van der Waals surface area (Å²) in [5, 5.41) is 5.92. The minimum absolute atomic E-state index is 0.103. The molecule has 1 atom stereocenters. The number of rotatable bonds is 9. The van der Waals surface area contributed by atoms with Gasteiger partial charge >= 0.3 is 0 Å². The first-order valence-corrected chi connectivity index (χ1v) is 14.8. The van der Waals surface area contributed by atoms with Crippen molar-refractivity contribution in [3.63, 3.8) is 0 Å². The van der Waals surface area contributed by atoms with Crippen molar-refractivity contribution >= 4 is 39.4 Å². The molecular weight excluding hydrogens is 526 g/mol. The Bertz CT molecular complexity index is 1620. The van der Waals surface area contributed by atoms with E-state index in [9.17, 15) is 9.59 Å². The van der Waals surface area contributed by atoms with E-state index in [0.29, 0.717) is 36.1 Å². The molecule has 198 valence electrons. The van der Waals surface area contributed by atoms with E-state index in [1.54, 1.807) is 0 Å². The number of amides is 2. The maximum absolute atomic E-state index is 14.3. The van der Waals surface area contributed by atoms with Crippen LogP contribution in [0.5, 0.6) is 0 Å². The van der Waals surface area contributed by atoms with E-state index < -0.39 is 0 Å². The molecule has 5 aromatic rings. The van der Waals surface area contributed by atoms with Crippen molar-refractivity contribution in [1.29, 1.82) is 0 Å². The maximum atomic E-state index is 14.3. The van der Waals surface area contributed by atoms with Gasteiger partial charge in [-0.15, -0.1) is 22.7 Å². The smallest absolute Gasteiger partial charge is 0.274 e. The van der Waals surface area contributed by atoms with Gasteiger partial charge < -0.3 is 10.2 Å². The van der Waals surface area contributed by atoms with E-state index in [4.69, 9.17) is 4.98 Å². The molecule has 1 N–H and O–H groups in total. The Balaban J connectivity index is 1.32. The van der Waals surface area contributed by atoms with E-state index in [0.717, 1.165) is 38.8 Å². The molecule has 6 rings (SSSR count). The first-order chi connectivity index (χ1) is 19.0. The number of aromatic nitrogens is 3. The van der Waals surface area contributed by atoms with Gasteiger partial charge in [0.05, 0.1) is 21.6 Å². The number of nitrogens with one attached hydrogen (secondary N) is 1. The molecular formula is C30H29N5O2S2. The van der Waals surface area contributed by atoms with Crippen molar-refractivity contribution in [2.75, 3.05) is 6.54 Å². The number of benzene rings is 2. The highest BCUT2D eigenvalue weighted by Crippen LogP contribution is 2.38. The van der Waals surface area contributed by atoms with Crippen LogP contribution in [-0.2, 0) is 6.54 Å². The number of fused-ring (bicyclic) bond motifs is 1. The fourth-order valence-corrected chi connectivity index (χ4v) is 6.75.